The van der Waals surface area contributed by atoms with Crippen LogP contribution in [0.15, 0.2) is 76.9 Å². The third kappa shape index (κ3) is 5.47. The minimum atomic E-state index is -0.0468. The molecule has 32 heavy (non-hydrogen) atoms. The van der Waals surface area contributed by atoms with E-state index in [0.29, 0.717) is 24.2 Å². The summed E-state index contributed by atoms with van der Waals surface area (Å²) in [7, 11) is 0. The normalized spacial score (nSPS) is 10.6. The van der Waals surface area contributed by atoms with Gasteiger partial charge in [0, 0.05) is 23.2 Å². The maximum absolute atomic E-state index is 13.0. The lowest BCUT2D eigenvalue weighted by molar-refractivity contribution is 0.725. The fraction of sp³-hybridized carbons (Fsp3) is 0.160. The molecule has 2 heterocycles. The highest BCUT2D eigenvalue weighted by molar-refractivity contribution is 7.99. The number of nitriles is 1. The molecule has 2 aromatic carbocycles. The van der Waals surface area contributed by atoms with Crippen molar-refractivity contribution in [3.63, 3.8) is 0 Å². The number of nitrogens with one attached hydrogen (secondary N) is 1. The molecular weight excluding hydrogens is 436 g/mol. The van der Waals surface area contributed by atoms with Crippen molar-refractivity contribution in [3.05, 3.63) is 116 Å². The van der Waals surface area contributed by atoms with Gasteiger partial charge in [-0.05, 0) is 54.3 Å². The van der Waals surface area contributed by atoms with E-state index in [2.05, 4.69) is 22.9 Å². The Bertz CT molecular complexity index is 1290. The summed E-state index contributed by atoms with van der Waals surface area (Å²) in [5, 5.41) is 11.9. The van der Waals surface area contributed by atoms with Crippen molar-refractivity contribution < 1.29 is 0 Å². The molecule has 0 radical (unpaired) electrons. The zero-order valence-electron chi connectivity index (χ0n) is 17.6. The van der Waals surface area contributed by atoms with Crippen LogP contribution in [0.2, 0.25) is 0 Å². The summed E-state index contributed by atoms with van der Waals surface area (Å²) in [6.07, 6.45) is 0.702. The van der Waals surface area contributed by atoms with Crippen LogP contribution in [0.1, 0.15) is 33.1 Å². The Balaban J connectivity index is 1.43. The van der Waals surface area contributed by atoms with E-state index in [4.69, 9.17) is 10.2 Å². The maximum atomic E-state index is 13.0. The first-order valence-electron chi connectivity index (χ1n) is 10.2. The highest BCUT2D eigenvalue weighted by atomic mass is 32.2. The van der Waals surface area contributed by atoms with E-state index < -0.39 is 0 Å². The second kappa shape index (κ2) is 10.3. The lowest BCUT2D eigenvalue weighted by Crippen LogP contribution is -2.24. The molecule has 0 bridgehead atoms. The van der Waals surface area contributed by atoms with Crippen molar-refractivity contribution in [1.82, 2.24) is 9.55 Å². The predicted octanol–water partition coefficient (Wildman–Crippen LogP) is 5.38. The number of anilines is 1. The third-order valence-electron chi connectivity index (χ3n) is 5.02. The number of aromatic nitrogens is 2. The molecule has 0 saturated heterocycles. The van der Waals surface area contributed by atoms with Gasteiger partial charge in [-0.15, -0.1) is 11.3 Å². The van der Waals surface area contributed by atoms with E-state index in [-0.39, 0.29) is 5.56 Å². The Kier molecular flexibility index (Phi) is 7.05. The van der Waals surface area contributed by atoms with Crippen molar-refractivity contribution in [2.75, 3.05) is 4.72 Å². The van der Waals surface area contributed by atoms with Crippen molar-refractivity contribution in [1.29, 1.82) is 5.26 Å². The molecule has 0 unspecified atom stereocenters. The van der Waals surface area contributed by atoms with Gasteiger partial charge in [0.1, 0.15) is 10.7 Å². The van der Waals surface area contributed by atoms with E-state index in [1.165, 1.54) is 17.5 Å². The predicted molar refractivity (Wildman–Crippen MR) is 132 cm³/mol. The van der Waals surface area contributed by atoms with Crippen molar-refractivity contribution in [2.45, 2.75) is 25.6 Å². The van der Waals surface area contributed by atoms with E-state index in [0.717, 1.165) is 27.7 Å². The summed E-state index contributed by atoms with van der Waals surface area (Å²) in [6.45, 7) is 2.38. The van der Waals surface area contributed by atoms with Gasteiger partial charge in [0.15, 0.2) is 0 Å². The van der Waals surface area contributed by atoms with E-state index in [9.17, 15) is 4.79 Å². The average molecular weight is 459 g/mol. The van der Waals surface area contributed by atoms with Gasteiger partial charge in [-0.2, -0.15) is 5.26 Å². The van der Waals surface area contributed by atoms with Crippen LogP contribution in [0.5, 0.6) is 0 Å². The zero-order valence-corrected chi connectivity index (χ0v) is 19.2. The van der Waals surface area contributed by atoms with Gasteiger partial charge in [0.25, 0.3) is 5.56 Å². The van der Waals surface area contributed by atoms with Crippen molar-refractivity contribution in [3.8, 4) is 6.07 Å². The molecule has 1 N–H and O–H groups in total. The number of pyridine rings is 1. The highest BCUT2D eigenvalue weighted by Crippen LogP contribution is 2.18. The molecule has 4 rings (SSSR count). The minimum absolute atomic E-state index is 0.0468. The highest BCUT2D eigenvalue weighted by Gasteiger charge is 2.10. The van der Waals surface area contributed by atoms with E-state index in [1.807, 2.05) is 66.9 Å². The molecular formula is C25H22N4OS2. The molecule has 0 saturated carbocycles. The SMILES string of the molecule is Cc1ccc(NSCc2ccccc2)c(=O)n1Cc1nc(Cc2ccc(C#N)cc2)cs1. The lowest BCUT2D eigenvalue weighted by atomic mass is 10.1. The molecule has 0 fully saturated rings. The van der Waals surface area contributed by atoms with Gasteiger partial charge in [0.2, 0.25) is 0 Å². The molecule has 160 valence electrons. The van der Waals surface area contributed by atoms with Gasteiger partial charge >= 0.3 is 0 Å². The van der Waals surface area contributed by atoms with Gasteiger partial charge in [-0.25, -0.2) is 4.98 Å². The molecule has 4 aromatic rings. The first-order chi connectivity index (χ1) is 15.6. The molecule has 7 heteroatoms. The molecule has 2 aromatic heterocycles. The number of nitrogens with zero attached hydrogens (tertiary/aromatic N) is 3. The Morgan fingerprint density at radius 2 is 1.84 bits per heavy atom. The number of aryl methyl sites for hydroxylation is 1. The largest absolute Gasteiger partial charge is 0.325 e. The van der Waals surface area contributed by atoms with Gasteiger partial charge < -0.3 is 9.29 Å². The maximum Gasteiger partial charge on any atom is 0.275 e. The van der Waals surface area contributed by atoms with Crippen LogP contribution in [-0.2, 0) is 18.7 Å². The molecule has 0 aliphatic heterocycles. The second-order valence-corrected chi connectivity index (χ2v) is 9.10. The molecule has 0 atom stereocenters. The Morgan fingerprint density at radius 3 is 2.59 bits per heavy atom. The van der Waals surface area contributed by atoms with E-state index >= 15 is 0 Å². The number of rotatable bonds is 8. The standard InChI is InChI=1S/C25H22N4OS2/c1-18-7-12-23(28-32-16-21-5-3-2-4-6-21)25(30)29(18)15-24-27-22(17-31-24)13-19-8-10-20(14-26)11-9-19/h2-12,17,28H,13,15-16H2,1H3. The average Bonchev–Trinajstić information content (AvgIpc) is 3.26. The van der Waals surface area contributed by atoms with Crippen LogP contribution in [-0.4, -0.2) is 9.55 Å². The van der Waals surface area contributed by atoms with Gasteiger partial charge in [-0.1, -0.05) is 42.5 Å². The Labute approximate surface area is 195 Å². The quantitative estimate of drug-likeness (QED) is 0.359. The fourth-order valence-electron chi connectivity index (χ4n) is 3.26. The van der Waals surface area contributed by atoms with Gasteiger partial charge in [0.05, 0.1) is 23.9 Å². The van der Waals surface area contributed by atoms with Crippen molar-refractivity contribution in [2.24, 2.45) is 0 Å². The van der Waals surface area contributed by atoms with Crippen LogP contribution in [0.3, 0.4) is 0 Å². The molecule has 0 aliphatic rings. The van der Waals surface area contributed by atoms with Crippen LogP contribution in [0.25, 0.3) is 0 Å². The van der Waals surface area contributed by atoms with Crippen LogP contribution in [0, 0.1) is 18.3 Å². The second-order valence-electron chi connectivity index (χ2n) is 7.37. The summed E-state index contributed by atoms with van der Waals surface area (Å²) in [6, 6.07) is 23.6. The minimum Gasteiger partial charge on any atom is -0.325 e. The summed E-state index contributed by atoms with van der Waals surface area (Å²) >= 11 is 3.07. The number of benzene rings is 2. The third-order valence-corrected chi connectivity index (χ3v) is 6.74. The fourth-order valence-corrected chi connectivity index (χ4v) is 4.78. The molecule has 5 nitrogen and oxygen atoms in total. The molecule has 0 spiro atoms. The summed E-state index contributed by atoms with van der Waals surface area (Å²) in [5.41, 5.74) is 5.36. The number of hydrogen-bond donors (Lipinski definition) is 1. The molecule has 0 aliphatic carbocycles. The summed E-state index contributed by atoms with van der Waals surface area (Å²) in [5.74, 6) is 0.777. The molecule has 0 amide bonds. The van der Waals surface area contributed by atoms with Crippen LogP contribution in [0.4, 0.5) is 5.69 Å². The first-order valence-corrected chi connectivity index (χ1v) is 12.0. The lowest BCUT2D eigenvalue weighted by Gasteiger charge is -2.11. The van der Waals surface area contributed by atoms with Crippen LogP contribution < -0.4 is 10.3 Å². The zero-order chi connectivity index (χ0) is 22.3. The van der Waals surface area contributed by atoms with Crippen LogP contribution >= 0.6 is 23.3 Å². The number of thiazole rings is 1. The topological polar surface area (TPSA) is 70.7 Å². The monoisotopic (exact) mass is 458 g/mol. The summed E-state index contributed by atoms with van der Waals surface area (Å²) in [4.78, 5) is 17.8. The van der Waals surface area contributed by atoms with E-state index in [1.54, 1.807) is 15.9 Å². The smallest absolute Gasteiger partial charge is 0.275 e. The number of hydrogen-bond acceptors (Lipinski definition) is 6. The first kappa shape index (κ1) is 21.9. The Hall–Kier alpha value is -3.34. The summed E-state index contributed by atoms with van der Waals surface area (Å²) < 4.78 is 4.97. The van der Waals surface area contributed by atoms with Crippen molar-refractivity contribution >= 4 is 29.0 Å². The van der Waals surface area contributed by atoms with Gasteiger partial charge in [-0.3, -0.25) is 4.79 Å². The Morgan fingerprint density at radius 1 is 1.06 bits per heavy atom.